The minimum absolute atomic E-state index is 0. The van der Waals surface area contributed by atoms with Crippen LogP contribution in [0.4, 0.5) is 16.2 Å². The molecule has 3 amide bonds. The number of hydrogen-bond acceptors (Lipinski definition) is 3. The lowest BCUT2D eigenvalue weighted by molar-refractivity contribution is -0.115. The molecule has 1 aromatic carbocycles. The maximum atomic E-state index is 11.9. The van der Waals surface area contributed by atoms with Gasteiger partial charge in [0.1, 0.15) is 0 Å². The van der Waals surface area contributed by atoms with E-state index in [0.717, 1.165) is 31.2 Å². The van der Waals surface area contributed by atoms with Gasteiger partial charge in [-0.2, -0.15) is 0 Å². The minimum atomic E-state index is -0.286. The third kappa shape index (κ3) is 6.36. The van der Waals surface area contributed by atoms with Crippen LogP contribution in [0.2, 0.25) is 0 Å². The summed E-state index contributed by atoms with van der Waals surface area (Å²) in [7, 11) is 0. The first-order chi connectivity index (χ1) is 10.5. The highest BCUT2D eigenvalue weighted by atomic mass is 35.5. The van der Waals surface area contributed by atoms with Crippen LogP contribution < -0.4 is 21.7 Å². The van der Waals surface area contributed by atoms with Crippen LogP contribution in [0.3, 0.4) is 0 Å². The summed E-state index contributed by atoms with van der Waals surface area (Å²) in [6.45, 7) is 1.82. The number of halogens is 1. The van der Waals surface area contributed by atoms with E-state index in [4.69, 9.17) is 5.73 Å². The van der Waals surface area contributed by atoms with Gasteiger partial charge in [-0.3, -0.25) is 4.79 Å². The molecule has 7 heteroatoms. The van der Waals surface area contributed by atoms with Gasteiger partial charge in [0, 0.05) is 17.4 Å². The maximum absolute atomic E-state index is 11.9. The second-order valence-corrected chi connectivity index (χ2v) is 5.78. The summed E-state index contributed by atoms with van der Waals surface area (Å²) in [5.41, 5.74) is 7.88. The summed E-state index contributed by atoms with van der Waals surface area (Å²) in [5.74, 6) is -0.271. The Kier molecular flexibility index (Phi) is 7.68. The number of aryl methyl sites for hydroxylation is 1. The van der Waals surface area contributed by atoms with Gasteiger partial charge in [0.15, 0.2) is 0 Å². The Labute approximate surface area is 143 Å². The van der Waals surface area contributed by atoms with Gasteiger partial charge < -0.3 is 21.7 Å². The summed E-state index contributed by atoms with van der Waals surface area (Å²) in [6.07, 6.45) is 5.58. The number of nitrogens with one attached hydrogen (secondary N) is 3. The van der Waals surface area contributed by atoms with E-state index in [1.54, 1.807) is 12.1 Å². The molecule has 5 N–H and O–H groups in total. The number of urea groups is 1. The van der Waals surface area contributed by atoms with Crippen LogP contribution in [0.5, 0.6) is 0 Å². The standard InChI is InChI=1S/C16H24N4O2.ClH/c1-11-7-8-12(17)9-14(11)20-15(21)10-18-16(22)19-13-5-3-2-4-6-13;/h7-9,13H,2-6,10,17H2,1H3,(H,20,21)(H2,18,19,22);1H. The molecule has 1 fully saturated rings. The predicted octanol–water partition coefficient (Wildman–Crippen LogP) is 2.57. The van der Waals surface area contributed by atoms with Crippen LogP contribution in [-0.2, 0) is 4.79 Å². The number of carbonyl (C=O) groups excluding carboxylic acids is 2. The molecule has 0 heterocycles. The van der Waals surface area contributed by atoms with Gasteiger partial charge in [-0.1, -0.05) is 25.3 Å². The van der Waals surface area contributed by atoms with Crippen LogP contribution >= 0.6 is 12.4 Å². The van der Waals surface area contributed by atoms with Crippen LogP contribution in [0, 0.1) is 6.92 Å². The van der Waals surface area contributed by atoms with E-state index in [1.807, 2.05) is 13.0 Å². The Hall–Kier alpha value is -1.95. The van der Waals surface area contributed by atoms with Crippen LogP contribution in [0.15, 0.2) is 18.2 Å². The summed E-state index contributed by atoms with van der Waals surface area (Å²) in [4.78, 5) is 23.6. The van der Waals surface area contributed by atoms with Crippen molar-refractivity contribution in [2.75, 3.05) is 17.6 Å². The fourth-order valence-corrected chi connectivity index (χ4v) is 2.61. The molecule has 0 radical (unpaired) electrons. The molecule has 0 bridgehead atoms. The van der Waals surface area contributed by atoms with Gasteiger partial charge in [-0.15, -0.1) is 12.4 Å². The highest BCUT2D eigenvalue weighted by molar-refractivity contribution is 5.95. The molecular weight excluding hydrogens is 316 g/mol. The Bertz CT molecular complexity index is 545. The fraction of sp³-hybridized carbons (Fsp3) is 0.500. The molecule has 0 saturated heterocycles. The van der Waals surface area contributed by atoms with Crippen molar-refractivity contribution >= 4 is 35.7 Å². The molecule has 128 valence electrons. The zero-order chi connectivity index (χ0) is 15.9. The topological polar surface area (TPSA) is 96.2 Å². The normalized spacial score (nSPS) is 14.5. The number of hydrogen-bond donors (Lipinski definition) is 4. The van der Waals surface area contributed by atoms with Crippen molar-refractivity contribution in [2.45, 2.75) is 45.1 Å². The second-order valence-electron chi connectivity index (χ2n) is 5.78. The maximum Gasteiger partial charge on any atom is 0.315 e. The molecule has 0 unspecified atom stereocenters. The fourth-order valence-electron chi connectivity index (χ4n) is 2.61. The molecule has 2 rings (SSSR count). The summed E-state index contributed by atoms with van der Waals surface area (Å²) in [5, 5.41) is 8.25. The monoisotopic (exact) mass is 340 g/mol. The first-order valence-corrected chi connectivity index (χ1v) is 7.75. The molecule has 1 aliphatic carbocycles. The van der Waals surface area contributed by atoms with Gasteiger partial charge in [0.25, 0.3) is 0 Å². The van der Waals surface area contributed by atoms with E-state index in [9.17, 15) is 9.59 Å². The van der Waals surface area contributed by atoms with Crippen molar-refractivity contribution in [1.29, 1.82) is 0 Å². The van der Waals surface area contributed by atoms with Crippen LogP contribution in [0.25, 0.3) is 0 Å². The lowest BCUT2D eigenvalue weighted by atomic mass is 9.96. The van der Waals surface area contributed by atoms with Crippen molar-refractivity contribution in [2.24, 2.45) is 0 Å². The molecule has 0 spiro atoms. The number of nitrogen functional groups attached to an aromatic ring is 1. The zero-order valence-electron chi connectivity index (χ0n) is 13.4. The summed E-state index contributed by atoms with van der Waals surface area (Å²) in [6, 6.07) is 5.27. The quantitative estimate of drug-likeness (QED) is 0.634. The third-order valence-electron chi connectivity index (χ3n) is 3.89. The number of anilines is 2. The first kappa shape index (κ1) is 19.1. The van der Waals surface area contributed by atoms with E-state index in [-0.39, 0.29) is 36.9 Å². The molecular formula is C16H25ClN4O2. The van der Waals surface area contributed by atoms with Gasteiger partial charge in [-0.05, 0) is 37.5 Å². The highest BCUT2D eigenvalue weighted by Crippen LogP contribution is 2.18. The average Bonchev–Trinajstić information content (AvgIpc) is 2.50. The molecule has 1 saturated carbocycles. The SMILES string of the molecule is Cc1ccc(N)cc1NC(=O)CNC(=O)NC1CCCCC1.Cl. The highest BCUT2D eigenvalue weighted by Gasteiger charge is 2.16. The average molecular weight is 341 g/mol. The molecule has 6 nitrogen and oxygen atoms in total. The van der Waals surface area contributed by atoms with Gasteiger partial charge in [0.2, 0.25) is 5.91 Å². The van der Waals surface area contributed by atoms with E-state index < -0.39 is 0 Å². The second kappa shape index (κ2) is 9.25. The van der Waals surface area contributed by atoms with Crippen molar-refractivity contribution in [1.82, 2.24) is 10.6 Å². The van der Waals surface area contributed by atoms with E-state index >= 15 is 0 Å². The van der Waals surface area contributed by atoms with Crippen molar-refractivity contribution in [3.05, 3.63) is 23.8 Å². The lowest BCUT2D eigenvalue weighted by Crippen LogP contribution is -2.45. The zero-order valence-corrected chi connectivity index (χ0v) is 14.2. The molecule has 23 heavy (non-hydrogen) atoms. The number of amides is 3. The Morgan fingerprint density at radius 2 is 1.91 bits per heavy atom. The molecule has 1 aliphatic rings. The number of nitrogens with two attached hydrogens (primary N) is 1. The van der Waals surface area contributed by atoms with Gasteiger partial charge >= 0.3 is 6.03 Å². The Morgan fingerprint density at radius 3 is 2.61 bits per heavy atom. The lowest BCUT2D eigenvalue weighted by Gasteiger charge is -2.22. The Morgan fingerprint density at radius 1 is 1.22 bits per heavy atom. The molecule has 1 aromatic rings. The van der Waals surface area contributed by atoms with Crippen LogP contribution in [-0.4, -0.2) is 24.5 Å². The number of carbonyl (C=O) groups is 2. The number of benzene rings is 1. The number of rotatable bonds is 4. The molecule has 0 aromatic heterocycles. The smallest absolute Gasteiger partial charge is 0.315 e. The van der Waals surface area contributed by atoms with Gasteiger partial charge in [0.05, 0.1) is 6.54 Å². The van der Waals surface area contributed by atoms with Crippen molar-refractivity contribution in [3.63, 3.8) is 0 Å². The summed E-state index contributed by atoms with van der Waals surface area (Å²) >= 11 is 0. The van der Waals surface area contributed by atoms with Crippen molar-refractivity contribution < 1.29 is 9.59 Å². The third-order valence-corrected chi connectivity index (χ3v) is 3.89. The minimum Gasteiger partial charge on any atom is -0.399 e. The van der Waals surface area contributed by atoms with Crippen LogP contribution in [0.1, 0.15) is 37.7 Å². The van der Waals surface area contributed by atoms with E-state index in [0.29, 0.717) is 11.4 Å². The Balaban J connectivity index is 0.00000264. The predicted molar refractivity (Wildman–Crippen MR) is 94.9 cm³/mol. The molecule has 0 aliphatic heterocycles. The largest absolute Gasteiger partial charge is 0.399 e. The summed E-state index contributed by atoms with van der Waals surface area (Å²) < 4.78 is 0. The molecule has 0 atom stereocenters. The first-order valence-electron chi connectivity index (χ1n) is 7.75. The van der Waals surface area contributed by atoms with Crippen molar-refractivity contribution in [3.8, 4) is 0 Å². The van der Waals surface area contributed by atoms with Gasteiger partial charge in [-0.25, -0.2) is 4.79 Å². The van der Waals surface area contributed by atoms with E-state index in [2.05, 4.69) is 16.0 Å². The van der Waals surface area contributed by atoms with E-state index in [1.165, 1.54) is 6.42 Å².